The first-order chi connectivity index (χ1) is 17.3. The Kier molecular flexibility index (Phi) is 4.88. The normalized spacial score (nSPS) is 21.5. The lowest BCUT2D eigenvalue weighted by molar-refractivity contribution is 0.171. The highest BCUT2D eigenvalue weighted by Crippen LogP contribution is 2.63. The van der Waals surface area contributed by atoms with Crippen LogP contribution in [0.1, 0.15) is 37.5 Å². The average molecular weight is 473 g/mol. The van der Waals surface area contributed by atoms with E-state index in [9.17, 15) is 0 Å². The van der Waals surface area contributed by atoms with E-state index in [1.165, 1.54) is 27.9 Å². The summed E-state index contributed by atoms with van der Waals surface area (Å²) in [6, 6.07) is 25.8. The first kappa shape index (κ1) is 22.5. The molecule has 36 heavy (non-hydrogen) atoms. The minimum atomic E-state index is -0.258. The van der Waals surface area contributed by atoms with Crippen molar-refractivity contribution in [3.63, 3.8) is 0 Å². The molecule has 2 atom stereocenters. The van der Waals surface area contributed by atoms with Gasteiger partial charge in [-0.05, 0) is 48.7 Å². The van der Waals surface area contributed by atoms with E-state index in [0.29, 0.717) is 0 Å². The summed E-state index contributed by atoms with van der Waals surface area (Å²) in [6.45, 7) is 15.7. The van der Waals surface area contributed by atoms with Crippen LogP contribution in [0.15, 0.2) is 91.8 Å². The zero-order valence-corrected chi connectivity index (χ0v) is 21.7. The third-order valence-corrected chi connectivity index (χ3v) is 8.63. The molecule has 0 aliphatic carbocycles. The first-order valence-electron chi connectivity index (χ1n) is 12.6. The van der Waals surface area contributed by atoms with Crippen LogP contribution in [0, 0.1) is 19.3 Å². The van der Waals surface area contributed by atoms with Crippen LogP contribution in [0.5, 0.6) is 0 Å². The smallest absolute Gasteiger partial charge is 0.162 e. The average Bonchev–Trinajstić information content (AvgIpc) is 3.25. The molecule has 1 aromatic heterocycles. The number of aromatic nitrogens is 2. The van der Waals surface area contributed by atoms with Crippen LogP contribution in [-0.4, -0.2) is 16.1 Å². The minimum Gasteiger partial charge on any atom is -0.314 e. The maximum atomic E-state index is 4.95. The van der Waals surface area contributed by atoms with Gasteiger partial charge in [-0.2, -0.15) is 0 Å². The maximum absolute atomic E-state index is 4.95. The molecule has 3 aromatic carbocycles. The van der Waals surface area contributed by atoms with Gasteiger partial charge in [0.15, 0.2) is 5.82 Å². The van der Waals surface area contributed by atoms with Crippen LogP contribution >= 0.6 is 0 Å². The fraction of sp³-hybridized carbons (Fsp3) is 0.250. The van der Waals surface area contributed by atoms with Gasteiger partial charge >= 0.3 is 0 Å². The number of para-hydroxylation sites is 2. The van der Waals surface area contributed by atoms with Gasteiger partial charge in [0, 0.05) is 27.8 Å². The van der Waals surface area contributed by atoms with E-state index < -0.39 is 0 Å². The summed E-state index contributed by atoms with van der Waals surface area (Å²) in [5.41, 5.74) is 8.73. The Bertz CT molecular complexity index is 1470. The van der Waals surface area contributed by atoms with E-state index >= 15 is 0 Å². The van der Waals surface area contributed by atoms with Gasteiger partial charge in [0.2, 0.25) is 0 Å². The van der Waals surface area contributed by atoms with Gasteiger partial charge in [-0.1, -0.05) is 81.4 Å². The van der Waals surface area contributed by atoms with E-state index in [4.69, 9.17) is 9.97 Å². The molecule has 2 aliphatic rings. The quantitative estimate of drug-likeness (QED) is 0.284. The van der Waals surface area contributed by atoms with E-state index in [2.05, 4.69) is 130 Å². The zero-order valence-electron chi connectivity index (χ0n) is 21.7. The number of hydrogen-bond acceptors (Lipinski definition) is 4. The molecule has 4 nitrogen and oxygen atoms in total. The highest BCUT2D eigenvalue weighted by molar-refractivity contribution is 5.97. The van der Waals surface area contributed by atoms with Gasteiger partial charge in [0.05, 0.1) is 0 Å². The summed E-state index contributed by atoms with van der Waals surface area (Å²) in [5, 5.41) is 0. The first-order valence-corrected chi connectivity index (χ1v) is 12.6. The number of rotatable bonds is 3. The molecular formula is C32H32N4. The van der Waals surface area contributed by atoms with E-state index in [0.717, 1.165) is 22.9 Å². The standard InChI is InChI=1S/C32H32N4/c1-7-32(6)24-18-11-12-19-25(24)36-29-28(27(33-20-34-29)26-21(2)14-13-15-22(26)3)35(30(36)31(32,4)5)23-16-9-8-10-17-23/h7-20,30H,1H2,2-6H3. The highest BCUT2D eigenvalue weighted by atomic mass is 15.5. The Hall–Kier alpha value is -3.92. The molecule has 3 heterocycles. The van der Waals surface area contributed by atoms with Gasteiger partial charge < -0.3 is 9.80 Å². The summed E-state index contributed by atoms with van der Waals surface area (Å²) in [5.74, 6) is 0.947. The summed E-state index contributed by atoms with van der Waals surface area (Å²) < 4.78 is 0. The molecule has 0 spiro atoms. The summed E-state index contributed by atoms with van der Waals surface area (Å²) in [6.07, 6.45) is 3.84. The van der Waals surface area contributed by atoms with Gasteiger partial charge in [0.1, 0.15) is 23.9 Å². The number of aryl methyl sites for hydroxylation is 2. The van der Waals surface area contributed by atoms with E-state index in [1.807, 2.05) is 0 Å². The van der Waals surface area contributed by atoms with Crippen LogP contribution in [0.4, 0.5) is 22.9 Å². The van der Waals surface area contributed by atoms with E-state index in [1.54, 1.807) is 6.33 Å². The van der Waals surface area contributed by atoms with Crippen LogP contribution in [-0.2, 0) is 5.41 Å². The van der Waals surface area contributed by atoms with Gasteiger partial charge in [0.25, 0.3) is 0 Å². The van der Waals surface area contributed by atoms with Crippen molar-refractivity contribution >= 4 is 22.9 Å². The minimum absolute atomic E-state index is 0.0208. The Morgan fingerprint density at radius 3 is 2.17 bits per heavy atom. The van der Waals surface area contributed by atoms with Crippen molar-refractivity contribution in [1.82, 2.24) is 9.97 Å². The van der Waals surface area contributed by atoms with E-state index in [-0.39, 0.29) is 17.0 Å². The molecule has 4 aromatic rings. The molecule has 0 saturated carbocycles. The molecule has 0 radical (unpaired) electrons. The summed E-state index contributed by atoms with van der Waals surface area (Å²) in [4.78, 5) is 14.8. The number of benzene rings is 3. The Morgan fingerprint density at radius 2 is 1.47 bits per heavy atom. The van der Waals surface area contributed by atoms with Crippen molar-refractivity contribution in [3.8, 4) is 11.3 Å². The molecule has 2 aliphatic heterocycles. The van der Waals surface area contributed by atoms with Crippen LogP contribution < -0.4 is 9.80 Å². The van der Waals surface area contributed by atoms with Crippen molar-refractivity contribution < 1.29 is 0 Å². The number of allylic oxidation sites excluding steroid dienone is 1. The molecule has 0 amide bonds. The molecule has 0 bridgehead atoms. The summed E-state index contributed by atoms with van der Waals surface area (Å²) in [7, 11) is 0. The van der Waals surface area contributed by atoms with Gasteiger partial charge in [-0.25, -0.2) is 9.97 Å². The molecular weight excluding hydrogens is 440 g/mol. The summed E-state index contributed by atoms with van der Waals surface area (Å²) >= 11 is 0. The Labute approximate surface area is 214 Å². The molecule has 0 N–H and O–H groups in total. The molecule has 6 rings (SSSR count). The topological polar surface area (TPSA) is 32.3 Å². The molecule has 0 saturated heterocycles. The molecule has 180 valence electrons. The predicted molar refractivity (Wildman–Crippen MR) is 149 cm³/mol. The SMILES string of the molecule is C=CC1(C)c2ccccc2N2c3ncnc(-c4c(C)cccc4C)c3N(c3ccccc3)C2C1(C)C. The molecule has 4 heteroatoms. The fourth-order valence-corrected chi connectivity index (χ4v) is 6.35. The van der Waals surface area contributed by atoms with Crippen molar-refractivity contribution in [2.24, 2.45) is 5.41 Å². The number of nitrogens with zero attached hydrogens (tertiary/aromatic N) is 4. The van der Waals surface area contributed by atoms with Crippen molar-refractivity contribution in [2.45, 2.75) is 46.2 Å². The van der Waals surface area contributed by atoms with Crippen LogP contribution in [0.25, 0.3) is 11.3 Å². The largest absolute Gasteiger partial charge is 0.314 e. The Balaban J connectivity index is 1.74. The lowest BCUT2D eigenvalue weighted by Gasteiger charge is -2.56. The second kappa shape index (κ2) is 7.79. The molecule has 2 unspecified atom stereocenters. The second-order valence-electron chi connectivity index (χ2n) is 10.8. The lowest BCUT2D eigenvalue weighted by atomic mass is 9.58. The van der Waals surface area contributed by atoms with Gasteiger partial charge in [-0.3, -0.25) is 0 Å². The van der Waals surface area contributed by atoms with Crippen molar-refractivity contribution in [1.29, 1.82) is 0 Å². The van der Waals surface area contributed by atoms with Crippen molar-refractivity contribution in [3.05, 3.63) is 108 Å². The Morgan fingerprint density at radius 1 is 0.806 bits per heavy atom. The second-order valence-corrected chi connectivity index (χ2v) is 10.8. The maximum Gasteiger partial charge on any atom is 0.162 e. The van der Waals surface area contributed by atoms with Crippen molar-refractivity contribution in [2.75, 3.05) is 9.80 Å². The highest BCUT2D eigenvalue weighted by Gasteiger charge is 2.59. The zero-order chi connectivity index (χ0) is 25.2. The number of hydrogen-bond donors (Lipinski definition) is 0. The monoisotopic (exact) mass is 472 g/mol. The van der Waals surface area contributed by atoms with Crippen LogP contribution in [0.2, 0.25) is 0 Å². The van der Waals surface area contributed by atoms with Crippen LogP contribution in [0.3, 0.4) is 0 Å². The fourth-order valence-electron chi connectivity index (χ4n) is 6.35. The van der Waals surface area contributed by atoms with Gasteiger partial charge in [-0.15, -0.1) is 6.58 Å². The number of anilines is 4. The third kappa shape index (κ3) is 2.81. The lowest BCUT2D eigenvalue weighted by Crippen LogP contribution is -2.60. The number of fused-ring (bicyclic) bond motifs is 5. The third-order valence-electron chi connectivity index (χ3n) is 8.63. The predicted octanol–water partition coefficient (Wildman–Crippen LogP) is 7.86. The molecule has 0 fully saturated rings.